The fourth-order valence-corrected chi connectivity index (χ4v) is 5.99. The number of nitrogens with zero attached hydrogens (tertiary/aromatic N) is 4. The minimum atomic E-state index is -1.20. The van der Waals surface area contributed by atoms with Crippen molar-refractivity contribution in [1.82, 2.24) is 30.4 Å². The number of thioether (sulfide) groups is 2. The van der Waals surface area contributed by atoms with E-state index in [1.54, 1.807) is 0 Å². The zero-order valence-electron chi connectivity index (χ0n) is 15.1. The first-order chi connectivity index (χ1) is 14.4. The van der Waals surface area contributed by atoms with Gasteiger partial charge >= 0.3 is 5.97 Å². The Bertz CT molecular complexity index is 1090. The summed E-state index contributed by atoms with van der Waals surface area (Å²) in [6.45, 7) is 0. The average molecular weight is 470 g/mol. The maximum absolute atomic E-state index is 12.6. The number of nitrogens with one attached hydrogen (secondary N) is 3. The molecule has 0 radical (unpaired) electrons. The smallest absolute Gasteiger partial charge is 0.352 e. The van der Waals surface area contributed by atoms with Crippen LogP contribution in [0, 0.1) is 5.41 Å². The summed E-state index contributed by atoms with van der Waals surface area (Å²) in [5.41, 5.74) is 0.772. The lowest BCUT2D eigenvalue weighted by molar-refractivity contribution is -0.150. The van der Waals surface area contributed by atoms with Gasteiger partial charge in [0.1, 0.15) is 22.1 Å². The molecule has 0 bridgehead atoms. The number of aromatic nitrogens is 4. The number of β-lactam (4-membered cyclic amide) rings is 1. The zero-order valence-corrected chi connectivity index (χ0v) is 17.5. The highest BCUT2D eigenvalue weighted by Crippen LogP contribution is 2.41. The number of rotatable bonds is 7. The van der Waals surface area contributed by atoms with E-state index in [4.69, 9.17) is 5.41 Å². The van der Waals surface area contributed by atoms with Crippen LogP contribution in [0.15, 0.2) is 27.9 Å². The molecule has 158 valence electrons. The fourth-order valence-electron chi connectivity index (χ4n) is 3.08. The molecule has 1 fully saturated rings. The fraction of sp³-hybridized carbons (Fsp3) is 0.333. The Kier molecular flexibility index (Phi) is 5.57. The van der Waals surface area contributed by atoms with E-state index in [2.05, 4.69) is 20.7 Å². The molecule has 12 nitrogen and oxygen atoms in total. The molecule has 1 unspecified atom stereocenters. The van der Waals surface area contributed by atoms with Crippen LogP contribution in [-0.2, 0) is 20.8 Å². The molecule has 2 amide bonds. The number of thiazole rings is 1. The zero-order chi connectivity index (χ0) is 21.4. The highest BCUT2D eigenvalue weighted by Gasteiger charge is 2.54. The Labute approximate surface area is 180 Å². The number of hydrogen-bond donors (Lipinski definition) is 5. The number of carboxylic acid groups (broad SMARTS) is 1. The Morgan fingerprint density at radius 3 is 2.90 bits per heavy atom. The van der Waals surface area contributed by atoms with E-state index >= 15 is 0 Å². The van der Waals surface area contributed by atoms with E-state index in [1.807, 2.05) is 0 Å². The van der Waals surface area contributed by atoms with Crippen molar-refractivity contribution >= 4 is 52.6 Å². The Hall–Kier alpha value is -2.78. The molecule has 0 aliphatic carbocycles. The standard InChI is InChI=1S/C15H15N7O5S3/c16-15-22(27)7(5-30-15)1-8(23)18-10-12(24)21-11(14(25)26)6(4-29-13(10)21)3-28-9-2-17-20-19-9/h2,5,10,13,16,27H,1,3-4H2,(H,18,23)(H,25,26)(H,17,19,20)/t10?,13-/m0/s1. The van der Waals surface area contributed by atoms with Crippen LogP contribution < -0.4 is 10.1 Å². The molecule has 5 N–H and O–H groups in total. The first-order valence-electron chi connectivity index (χ1n) is 8.48. The van der Waals surface area contributed by atoms with Gasteiger partial charge in [-0.1, -0.05) is 11.8 Å². The van der Waals surface area contributed by atoms with Crippen molar-refractivity contribution in [1.29, 1.82) is 5.41 Å². The predicted molar refractivity (Wildman–Crippen MR) is 106 cm³/mol. The molecule has 2 aromatic heterocycles. The van der Waals surface area contributed by atoms with Crippen molar-refractivity contribution in [2.75, 3.05) is 11.5 Å². The molecule has 2 atom stereocenters. The third-order valence-corrected chi connectivity index (χ3v) is 7.58. The minimum absolute atomic E-state index is 0.0601. The molecule has 30 heavy (non-hydrogen) atoms. The highest BCUT2D eigenvalue weighted by molar-refractivity contribution is 8.01. The van der Waals surface area contributed by atoms with Crippen LogP contribution in [0.2, 0.25) is 0 Å². The number of aliphatic carboxylic acids is 1. The number of carboxylic acids is 1. The molecule has 2 aliphatic rings. The number of fused-ring (bicyclic) bond motifs is 1. The lowest BCUT2D eigenvalue weighted by atomic mass is 10.0. The van der Waals surface area contributed by atoms with E-state index in [-0.39, 0.29) is 22.6 Å². The second kappa shape index (κ2) is 8.16. The van der Waals surface area contributed by atoms with Crippen molar-refractivity contribution < 1.29 is 24.7 Å². The lowest BCUT2D eigenvalue weighted by Gasteiger charge is -2.49. The van der Waals surface area contributed by atoms with Crippen LogP contribution >= 0.6 is 34.9 Å². The number of amides is 2. The summed E-state index contributed by atoms with van der Waals surface area (Å²) in [5, 5.41) is 41.1. The topological polar surface area (TPSA) is 177 Å². The van der Waals surface area contributed by atoms with Gasteiger partial charge < -0.3 is 15.6 Å². The molecular weight excluding hydrogens is 454 g/mol. The number of carbonyl (C=O) groups is 3. The van der Waals surface area contributed by atoms with Gasteiger partial charge in [0.15, 0.2) is 0 Å². The van der Waals surface area contributed by atoms with Gasteiger partial charge in [-0.05, 0) is 5.57 Å². The molecule has 2 aliphatic heterocycles. The molecule has 0 saturated carbocycles. The number of H-pyrrole nitrogens is 1. The summed E-state index contributed by atoms with van der Waals surface area (Å²) in [4.78, 5) is 37.9. The first kappa shape index (κ1) is 20.5. The van der Waals surface area contributed by atoms with E-state index in [0.717, 1.165) is 11.3 Å². The second-order valence-corrected chi connectivity index (χ2v) is 9.29. The number of carbonyl (C=O) groups excluding carboxylic acids is 2. The van der Waals surface area contributed by atoms with Crippen molar-refractivity contribution in [3.8, 4) is 0 Å². The van der Waals surface area contributed by atoms with Crippen LogP contribution in [0.4, 0.5) is 0 Å². The van der Waals surface area contributed by atoms with Crippen LogP contribution in [0.3, 0.4) is 0 Å². The molecule has 2 aromatic rings. The molecule has 4 rings (SSSR count). The minimum Gasteiger partial charge on any atom is -0.477 e. The van der Waals surface area contributed by atoms with Gasteiger partial charge in [0.2, 0.25) is 10.7 Å². The van der Waals surface area contributed by atoms with Crippen LogP contribution in [0.1, 0.15) is 5.69 Å². The number of hydrogen-bond acceptors (Lipinski definition) is 10. The maximum atomic E-state index is 12.6. The van der Waals surface area contributed by atoms with Gasteiger partial charge in [-0.25, -0.2) is 4.79 Å². The lowest BCUT2D eigenvalue weighted by Crippen LogP contribution is -2.70. The largest absolute Gasteiger partial charge is 0.477 e. The van der Waals surface area contributed by atoms with Gasteiger partial charge in [-0.15, -0.1) is 28.2 Å². The SMILES string of the molecule is N=c1scc(CC(=O)NC2C(=O)N3C(C(=O)O)=C(CSc4cn[nH]n4)CS[C@@H]23)n1O. The quantitative estimate of drug-likeness (QED) is 0.202. The Balaban J connectivity index is 1.44. The summed E-state index contributed by atoms with van der Waals surface area (Å²) in [6, 6.07) is -0.845. The second-order valence-electron chi connectivity index (χ2n) is 6.33. The summed E-state index contributed by atoms with van der Waals surface area (Å²) < 4.78 is 0.610. The molecular formula is C15H15N7O5S3. The van der Waals surface area contributed by atoms with Gasteiger partial charge in [-0.3, -0.25) is 19.9 Å². The van der Waals surface area contributed by atoms with Gasteiger partial charge in [0, 0.05) is 16.9 Å². The van der Waals surface area contributed by atoms with E-state index in [0.29, 0.717) is 26.8 Å². The molecule has 15 heteroatoms. The maximum Gasteiger partial charge on any atom is 0.352 e. The summed E-state index contributed by atoms with van der Waals surface area (Å²) >= 11 is 3.66. The van der Waals surface area contributed by atoms with Crippen LogP contribution in [0.5, 0.6) is 0 Å². The Morgan fingerprint density at radius 1 is 1.47 bits per heavy atom. The third kappa shape index (κ3) is 3.70. The Morgan fingerprint density at radius 2 is 2.27 bits per heavy atom. The predicted octanol–water partition coefficient (Wildman–Crippen LogP) is -0.542. The third-order valence-electron chi connectivity index (χ3n) is 4.47. The molecule has 1 saturated heterocycles. The summed E-state index contributed by atoms with van der Waals surface area (Å²) in [6.07, 6.45) is 1.33. The van der Waals surface area contributed by atoms with E-state index in [9.17, 15) is 24.7 Å². The van der Waals surface area contributed by atoms with Crippen LogP contribution in [-0.4, -0.2) is 76.1 Å². The average Bonchev–Trinajstić information content (AvgIpc) is 3.35. The first-order valence-corrected chi connectivity index (χ1v) is 11.4. The van der Waals surface area contributed by atoms with E-state index in [1.165, 1.54) is 40.0 Å². The van der Waals surface area contributed by atoms with Crippen LogP contribution in [0.25, 0.3) is 0 Å². The van der Waals surface area contributed by atoms with E-state index < -0.39 is 29.2 Å². The normalized spacial score (nSPS) is 20.7. The van der Waals surface area contributed by atoms with Crippen molar-refractivity contribution in [3.63, 3.8) is 0 Å². The summed E-state index contributed by atoms with van der Waals surface area (Å²) in [5.74, 6) is -1.44. The van der Waals surface area contributed by atoms with Gasteiger partial charge in [0.05, 0.1) is 18.3 Å². The monoisotopic (exact) mass is 469 g/mol. The van der Waals surface area contributed by atoms with Crippen molar-refractivity contribution in [3.05, 3.63) is 33.3 Å². The molecule has 0 aromatic carbocycles. The van der Waals surface area contributed by atoms with Gasteiger partial charge in [-0.2, -0.15) is 15.0 Å². The number of aromatic amines is 1. The van der Waals surface area contributed by atoms with Crippen molar-refractivity contribution in [2.24, 2.45) is 0 Å². The summed E-state index contributed by atoms with van der Waals surface area (Å²) in [7, 11) is 0. The van der Waals surface area contributed by atoms with Gasteiger partial charge in [0.25, 0.3) is 5.91 Å². The molecule has 0 spiro atoms. The molecule has 4 heterocycles. The highest BCUT2D eigenvalue weighted by atomic mass is 32.2. The van der Waals surface area contributed by atoms with Crippen molar-refractivity contribution in [2.45, 2.75) is 22.9 Å².